The summed E-state index contributed by atoms with van der Waals surface area (Å²) in [5, 5.41) is 0. The highest BCUT2D eigenvalue weighted by Gasteiger charge is 2.26. The maximum Gasteiger partial charge on any atom is 0.227 e. The van der Waals surface area contributed by atoms with Gasteiger partial charge in [-0.05, 0) is 18.4 Å². The molecule has 2 rings (SSSR count). The summed E-state index contributed by atoms with van der Waals surface area (Å²) in [5.41, 5.74) is 6.97. The summed E-state index contributed by atoms with van der Waals surface area (Å²) in [4.78, 5) is 14.2. The highest BCUT2D eigenvalue weighted by molar-refractivity contribution is 5.79. The average molecular weight is 262 g/mol. The van der Waals surface area contributed by atoms with Crippen LogP contribution >= 0.6 is 0 Å². The molecule has 0 saturated carbocycles. The monoisotopic (exact) mass is 262 g/mol. The van der Waals surface area contributed by atoms with Gasteiger partial charge in [0.05, 0.1) is 13.5 Å². The van der Waals surface area contributed by atoms with Gasteiger partial charge in [-0.3, -0.25) is 4.79 Å². The zero-order valence-electron chi connectivity index (χ0n) is 11.6. The van der Waals surface area contributed by atoms with Crippen LogP contribution in [0.1, 0.15) is 18.9 Å². The van der Waals surface area contributed by atoms with Crippen molar-refractivity contribution in [2.24, 2.45) is 11.7 Å². The number of carbonyl (C=O) groups is 1. The number of ether oxygens (including phenoxy) is 1. The predicted molar refractivity (Wildman–Crippen MR) is 75.0 cm³/mol. The molecule has 0 spiro atoms. The molecule has 1 aliphatic rings. The Labute approximate surface area is 114 Å². The first-order valence-corrected chi connectivity index (χ1v) is 6.77. The largest absolute Gasteiger partial charge is 0.496 e. The van der Waals surface area contributed by atoms with Crippen molar-refractivity contribution in [3.05, 3.63) is 29.8 Å². The number of carbonyl (C=O) groups excluding carboxylic acids is 1. The maximum atomic E-state index is 12.3. The molecular formula is C15H22N2O2. The standard InChI is InChI=1S/C15H22N2O2/c1-11-7-8-17(10-13(11)16)15(18)9-12-5-3-4-6-14(12)19-2/h3-6,11,13H,7-10,16H2,1-2H3. The summed E-state index contributed by atoms with van der Waals surface area (Å²) >= 11 is 0. The lowest BCUT2D eigenvalue weighted by molar-refractivity contribution is -0.132. The molecule has 1 saturated heterocycles. The minimum absolute atomic E-state index is 0.0929. The van der Waals surface area contributed by atoms with Crippen LogP contribution in [0.4, 0.5) is 0 Å². The number of piperidine rings is 1. The molecule has 2 N–H and O–H groups in total. The first kappa shape index (κ1) is 13.9. The molecule has 4 heteroatoms. The summed E-state index contributed by atoms with van der Waals surface area (Å²) in [6.45, 7) is 3.62. The number of nitrogens with zero attached hydrogens (tertiary/aromatic N) is 1. The van der Waals surface area contributed by atoms with Crippen LogP contribution in [0.5, 0.6) is 5.75 Å². The van der Waals surface area contributed by atoms with E-state index in [2.05, 4.69) is 6.92 Å². The van der Waals surface area contributed by atoms with Crippen LogP contribution in [0.2, 0.25) is 0 Å². The van der Waals surface area contributed by atoms with E-state index in [1.54, 1.807) is 7.11 Å². The smallest absolute Gasteiger partial charge is 0.227 e. The summed E-state index contributed by atoms with van der Waals surface area (Å²) in [7, 11) is 1.63. The number of amides is 1. The molecule has 2 unspecified atom stereocenters. The van der Waals surface area contributed by atoms with E-state index in [1.807, 2.05) is 29.2 Å². The van der Waals surface area contributed by atoms with Crippen LogP contribution in [-0.4, -0.2) is 37.0 Å². The Balaban J connectivity index is 2.01. The zero-order chi connectivity index (χ0) is 13.8. The number of likely N-dealkylation sites (tertiary alicyclic amines) is 1. The SMILES string of the molecule is COc1ccccc1CC(=O)N1CCC(C)C(N)C1. The Morgan fingerprint density at radius 2 is 2.21 bits per heavy atom. The van der Waals surface area contributed by atoms with Crippen LogP contribution in [0.25, 0.3) is 0 Å². The normalized spacial score (nSPS) is 23.2. The third-order valence-electron chi connectivity index (χ3n) is 3.90. The average Bonchev–Trinajstić information content (AvgIpc) is 2.42. The molecule has 1 heterocycles. The van der Waals surface area contributed by atoms with Crippen molar-refractivity contribution >= 4 is 5.91 Å². The van der Waals surface area contributed by atoms with Crippen molar-refractivity contribution in [3.8, 4) is 5.75 Å². The van der Waals surface area contributed by atoms with Gasteiger partial charge in [0.2, 0.25) is 5.91 Å². The molecule has 0 aliphatic carbocycles. The summed E-state index contributed by atoms with van der Waals surface area (Å²) in [6.07, 6.45) is 1.37. The molecule has 1 aromatic carbocycles. The lowest BCUT2D eigenvalue weighted by Crippen LogP contribution is -2.50. The van der Waals surface area contributed by atoms with Crippen LogP contribution in [0.3, 0.4) is 0 Å². The molecule has 104 valence electrons. The Hall–Kier alpha value is -1.55. The first-order valence-electron chi connectivity index (χ1n) is 6.77. The van der Waals surface area contributed by atoms with Crippen molar-refractivity contribution in [2.45, 2.75) is 25.8 Å². The molecule has 1 fully saturated rings. The fourth-order valence-corrected chi connectivity index (χ4v) is 2.45. The second-order valence-corrected chi connectivity index (χ2v) is 5.26. The number of rotatable bonds is 3. The fraction of sp³-hybridized carbons (Fsp3) is 0.533. The van der Waals surface area contributed by atoms with E-state index in [-0.39, 0.29) is 11.9 Å². The number of hydrogen-bond acceptors (Lipinski definition) is 3. The van der Waals surface area contributed by atoms with Gasteiger partial charge in [0, 0.05) is 24.7 Å². The van der Waals surface area contributed by atoms with E-state index in [1.165, 1.54) is 0 Å². The topological polar surface area (TPSA) is 55.6 Å². The molecule has 1 aromatic rings. The minimum Gasteiger partial charge on any atom is -0.496 e. The molecule has 0 bridgehead atoms. The van der Waals surface area contributed by atoms with E-state index in [9.17, 15) is 4.79 Å². The number of nitrogens with two attached hydrogens (primary N) is 1. The Morgan fingerprint density at radius 3 is 2.89 bits per heavy atom. The molecule has 2 atom stereocenters. The Bertz CT molecular complexity index is 448. The van der Waals surface area contributed by atoms with Gasteiger partial charge in [-0.1, -0.05) is 25.1 Å². The van der Waals surface area contributed by atoms with Gasteiger partial charge < -0.3 is 15.4 Å². The van der Waals surface area contributed by atoms with E-state index >= 15 is 0 Å². The van der Waals surface area contributed by atoms with Gasteiger partial charge in [0.15, 0.2) is 0 Å². The summed E-state index contributed by atoms with van der Waals surface area (Å²) in [6, 6.07) is 7.74. The van der Waals surface area contributed by atoms with Crippen LogP contribution in [-0.2, 0) is 11.2 Å². The van der Waals surface area contributed by atoms with E-state index in [4.69, 9.17) is 10.5 Å². The van der Waals surface area contributed by atoms with Crippen molar-refractivity contribution in [1.29, 1.82) is 0 Å². The number of para-hydroxylation sites is 1. The Kier molecular flexibility index (Phi) is 4.43. The second-order valence-electron chi connectivity index (χ2n) is 5.26. The van der Waals surface area contributed by atoms with Gasteiger partial charge in [0.25, 0.3) is 0 Å². The van der Waals surface area contributed by atoms with E-state index < -0.39 is 0 Å². The number of benzene rings is 1. The van der Waals surface area contributed by atoms with Gasteiger partial charge >= 0.3 is 0 Å². The molecule has 0 radical (unpaired) electrons. The summed E-state index contributed by atoms with van der Waals surface area (Å²) < 4.78 is 5.28. The van der Waals surface area contributed by atoms with Gasteiger partial charge in [-0.25, -0.2) is 0 Å². The van der Waals surface area contributed by atoms with Crippen molar-refractivity contribution in [1.82, 2.24) is 4.90 Å². The second kappa shape index (κ2) is 6.06. The number of methoxy groups -OCH3 is 1. The molecular weight excluding hydrogens is 240 g/mol. The van der Waals surface area contributed by atoms with Crippen LogP contribution < -0.4 is 10.5 Å². The third-order valence-corrected chi connectivity index (χ3v) is 3.90. The minimum atomic E-state index is 0.0929. The molecule has 1 aliphatic heterocycles. The quantitative estimate of drug-likeness (QED) is 0.896. The van der Waals surface area contributed by atoms with Crippen molar-refractivity contribution in [2.75, 3.05) is 20.2 Å². The zero-order valence-corrected chi connectivity index (χ0v) is 11.6. The third kappa shape index (κ3) is 3.26. The lowest BCUT2D eigenvalue weighted by Gasteiger charge is -2.35. The number of hydrogen-bond donors (Lipinski definition) is 1. The molecule has 0 aromatic heterocycles. The molecule has 19 heavy (non-hydrogen) atoms. The van der Waals surface area contributed by atoms with Gasteiger partial charge in [0.1, 0.15) is 5.75 Å². The highest BCUT2D eigenvalue weighted by Crippen LogP contribution is 2.20. The van der Waals surface area contributed by atoms with Crippen molar-refractivity contribution in [3.63, 3.8) is 0 Å². The maximum absolute atomic E-state index is 12.3. The van der Waals surface area contributed by atoms with Gasteiger partial charge in [-0.15, -0.1) is 0 Å². The van der Waals surface area contributed by atoms with Crippen molar-refractivity contribution < 1.29 is 9.53 Å². The molecule has 4 nitrogen and oxygen atoms in total. The molecule has 1 amide bonds. The van der Waals surface area contributed by atoms with E-state index in [0.717, 1.165) is 24.3 Å². The van der Waals surface area contributed by atoms with Crippen LogP contribution in [0, 0.1) is 5.92 Å². The fourth-order valence-electron chi connectivity index (χ4n) is 2.45. The first-order chi connectivity index (χ1) is 9.11. The summed E-state index contributed by atoms with van der Waals surface area (Å²) in [5.74, 6) is 1.40. The van der Waals surface area contributed by atoms with E-state index in [0.29, 0.717) is 18.9 Å². The predicted octanol–water partition coefficient (Wildman–Crippen LogP) is 1.43. The van der Waals surface area contributed by atoms with Crippen LogP contribution in [0.15, 0.2) is 24.3 Å². The lowest BCUT2D eigenvalue weighted by atomic mass is 9.94. The Morgan fingerprint density at radius 1 is 1.47 bits per heavy atom. The highest BCUT2D eigenvalue weighted by atomic mass is 16.5. The van der Waals surface area contributed by atoms with Gasteiger partial charge in [-0.2, -0.15) is 0 Å².